The summed E-state index contributed by atoms with van der Waals surface area (Å²) in [6, 6.07) is 7.53. The molecule has 8 heteroatoms. The van der Waals surface area contributed by atoms with Crippen molar-refractivity contribution in [1.29, 1.82) is 0 Å². The fraction of sp³-hybridized carbons (Fsp3) is 0.579. The normalized spacial score (nSPS) is 20.9. The number of carbonyl (C=O) groups excluding carboxylic acids is 1. The molecule has 27 heavy (non-hydrogen) atoms. The molecule has 1 aromatic carbocycles. The maximum atomic E-state index is 13.1. The number of piperidine rings is 1. The van der Waals surface area contributed by atoms with Gasteiger partial charge in [-0.05, 0) is 57.4 Å². The number of tetrazole rings is 1. The van der Waals surface area contributed by atoms with Crippen LogP contribution in [0.3, 0.4) is 0 Å². The Morgan fingerprint density at radius 3 is 2.33 bits per heavy atom. The molecular weight excluding hydrogens is 342 g/mol. The summed E-state index contributed by atoms with van der Waals surface area (Å²) in [6.07, 6.45) is 2.22. The number of hydrogen-bond donors (Lipinski definition) is 0. The molecule has 144 valence electrons. The van der Waals surface area contributed by atoms with Crippen molar-refractivity contribution in [3.63, 3.8) is 0 Å². The van der Waals surface area contributed by atoms with E-state index in [2.05, 4.69) is 39.3 Å². The van der Waals surface area contributed by atoms with Gasteiger partial charge in [-0.3, -0.25) is 9.69 Å². The number of nitrogens with zero attached hydrogens (tertiary/aromatic N) is 7. The molecule has 2 aromatic rings. The highest BCUT2D eigenvalue weighted by molar-refractivity contribution is 5.94. The Hall–Kier alpha value is -2.32. The summed E-state index contributed by atoms with van der Waals surface area (Å²) in [4.78, 5) is 21.4. The molecule has 2 fully saturated rings. The molecular formula is C19H27N7O. The van der Waals surface area contributed by atoms with E-state index in [9.17, 15) is 4.79 Å². The van der Waals surface area contributed by atoms with Gasteiger partial charge >= 0.3 is 0 Å². The Morgan fingerprint density at radius 1 is 1.00 bits per heavy atom. The van der Waals surface area contributed by atoms with Crippen LogP contribution in [0.15, 0.2) is 24.3 Å². The van der Waals surface area contributed by atoms with Gasteiger partial charge in [-0.15, -0.1) is 10.2 Å². The monoisotopic (exact) mass is 369 g/mol. The van der Waals surface area contributed by atoms with Crippen LogP contribution in [0.4, 0.5) is 0 Å². The SMILES string of the molecule is CN1CCC2(CC1)CN(C(=O)c1ccc(-c3nnn(C)n3)cc1)CCN2C. The quantitative estimate of drug-likeness (QED) is 0.777. The van der Waals surface area contributed by atoms with Crippen molar-refractivity contribution >= 4 is 5.91 Å². The minimum Gasteiger partial charge on any atom is -0.336 e. The van der Waals surface area contributed by atoms with Gasteiger partial charge in [0, 0.05) is 36.3 Å². The summed E-state index contributed by atoms with van der Waals surface area (Å²) >= 11 is 0. The van der Waals surface area contributed by atoms with E-state index in [0.717, 1.165) is 56.7 Å². The van der Waals surface area contributed by atoms with E-state index < -0.39 is 0 Å². The first-order valence-corrected chi connectivity index (χ1v) is 9.50. The average molecular weight is 369 g/mol. The Bertz CT molecular complexity index is 808. The molecule has 2 saturated heterocycles. The summed E-state index contributed by atoms with van der Waals surface area (Å²) < 4.78 is 0. The van der Waals surface area contributed by atoms with Gasteiger partial charge in [0.15, 0.2) is 0 Å². The Morgan fingerprint density at radius 2 is 1.70 bits per heavy atom. The van der Waals surface area contributed by atoms with Gasteiger partial charge in [0.25, 0.3) is 5.91 Å². The van der Waals surface area contributed by atoms with Crippen LogP contribution < -0.4 is 0 Å². The molecule has 2 aliphatic rings. The van der Waals surface area contributed by atoms with E-state index in [1.807, 2.05) is 29.2 Å². The number of amides is 1. The van der Waals surface area contributed by atoms with E-state index in [1.165, 1.54) is 4.80 Å². The molecule has 0 N–H and O–H groups in total. The lowest BCUT2D eigenvalue weighted by atomic mass is 9.83. The third-order valence-electron chi connectivity index (χ3n) is 6.10. The van der Waals surface area contributed by atoms with Crippen molar-refractivity contribution < 1.29 is 4.79 Å². The van der Waals surface area contributed by atoms with Crippen LogP contribution in [0.1, 0.15) is 23.2 Å². The molecule has 1 amide bonds. The van der Waals surface area contributed by atoms with Gasteiger partial charge < -0.3 is 9.80 Å². The van der Waals surface area contributed by atoms with E-state index in [1.54, 1.807) is 7.05 Å². The zero-order valence-electron chi connectivity index (χ0n) is 16.3. The largest absolute Gasteiger partial charge is 0.336 e. The maximum Gasteiger partial charge on any atom is 0.253 e. The molecule has 4 rings (SSSR count). The fourth-order valence-electron chi connectivity index (χ4n) is 4.15. The van der Waals surface area contributed by atoms with E-state index in [-0.39, 0.29) is 11.4 Å². The molecule has 2 aliphatic heterocycles. The third kappa shape index (κ3) is 3.46. The molecule has 0 saturated carbocycles. The summed E-state index contributed by atoms with van der Waals surface area (Å²) in [6.45, 7) is 4.69. The first kappa shape index (κ1) is 18.1. The van der Waals surface area contributed by atoms with Crippen molar-refractivity contribution in [2.24, 2.45) is 7.05 Å². The lowest BCUT2D eigenvalue weighted by Crippen LogP contribution is -2.64. The van der Waals surface area contributed by atoms with Gasteiger partial charge in [-0.25, -0.2) is 0 Å². The second-order valence-electron chi connectivity index (χ2n) is 7.86. The first-order valence-electron chi connectivity index (χ1n) is 9.50. The Kier molecular flexibility index (Phi) is 4.69. The van der Waals surface area contributed by atoms with E-state index in [4.69, 9.17) is 0 Å². The number of aryl methyl sites for hydroxylation is 1. The second kappa shape index (κ2) is 7.01. The lowest BCUT2D eigenvalue weighted by Gasteiger charge is -2.52. The number of likely N-dealkylation sites (tertiary alicyclic amines) is 1. The molecule has 1 spiro atoms. The summed E-state index contributed by atoms with van der Waals surface area (Å²) in [5.41, 5.74) is 1.70. The molecule has 8 nitrogen and oxygen atoms in total. The molecule has 3 heterocycles. The Labute approximate surface area is 159 Å². The molecule has 0 atom stereocenters. The molecule has 0 bridgehead atoms. The topological polar surface area (TPSA) is 70.4 Å². The van der Waals surface area contributed by atoms with Gasteiger partial charge in [0.05, 0.1) is 7.05 Å². The highest BCUT2D eigenvalue weighted by atomic mass is 16.2. The number of carbonyl (C=O) groups is 1. The molecule has 0 radical (unpaired) electrons. The van der Waals surface area contributed by atoms with Crippen LogP contribution in [0, 0.1) is 0 Å². The van der Waals surface area contributed by atoms with Crippen molar-refractivity contribution in [1.82, 2.24) is 34.9 Å². The number of hydrogen-bond acceptors (Lipinski definition) is 6. The van der Waals surface area contributed by atoms with Crippen LogP contribution in [-0.2, 0) is 7.05 Å². The van der Waals surface area contributed by atoms with Gasteiger partial charge in [-0.1, -0.05) is 12.1 Å². The highest BCUT2D eigenvalue weighted by Gasteiger charge is 2.42. The van der Waals surface area contributed by atoms with Crippen LogP contribution in [0.5, 0.6) is 0 Å². The molecule has 0 unspecified atom stereocenters. The Balaban J connectivity index is 1.49. The maximum absolute atomic E-state index is 13.1. The fourth-order valence-corrected chi connectivity index (χ4v) is 4.15. The van der Waals surface area contributed by atoms with Crippen molar-refractivity contribution in [3.8, 4) is 11.4 Å². The minimum atomic E-state index is 0.111. The summed E-state index contributed by atoms with van der Waals surface area (Å²) in [7, 11) is 6.11. The van der Waals surface area contributed by atoms with E-state index in [0.29, 0.717) is 5.82 Å². The van der Waals surface area contributed by atoms with Crippen LogP contribution in [0.25, 0.3) is 11.4 Å². The molecule has 1 aromatic heterocycles. The van der Waals surface area contributed by atoms with Crippen LogP contribution in [0.2, 0.25) is 0 Å². The van der Waals surface area contributed by atoms with Crippen molar-refractivity contribution in [3.05, 3.63) is 29.8 Å². The lowest BCUT2D eigenvalue weighted by molar-refractivity contribution is -0.0170. The van der Waals surface area contributed by atoms with E-state index >= 15 is 0 Å². The predicted octanol–water partition coefficient (Wildman–Crippen LogP) is 0.729. The zero-order valence-corrected chi connectivity index (χ0v) is 16.3. The minimum absolute atomic E-state index is 0.111. The number of rotatable bonds is 2. The van der Waals surface area contributed by atoms with Crippen molar-refractivity contribution in [2.45, 2.75) is 18.4 Å². The average Bonchev–Trinajstić information content (AvgIpc) is 3.12. The number of benzene rings is 1. The molecule has 0 aliphatic carbocycles. The van der Waals surface area contributed by atoms with Gasteiger partial charge in [0.1, 0.15) is 0 Å². The highest BCUT2D eigenvalue weighted by Crippen LogP contribution is 2.31. The standard InChI is InChI=1S/C19H27N7O/c1-23-10-8-19(9-11-23)14-26(13-12-24(19)2)18(27)16-6-4-15(5-7-16)17-20-22-25(3)21-17/h4-7H,8-14H2,1-3H3. The second-order valence-corrected chi connectivity index (χ2v) is 7.86. The summed E-state index contributed by atoms with van der Waals surface area (Å²) in [5, 5.41) is 12.1. The number of likely N-dealkylation sites (N-methyl/N-ethyl adjacent to an activating group) is 1. The predicted molar refractivity (Wildman–Crippen MR) is 102 cm³/mol. The first-order chi connectivity index (χ1) is 13.0. The summed E-state index contributed by atoms with van der Waals surface area (Å²) in [5.74, 6) is 0.682. The third-order valence-corrected chi connectivity index (χ3v) is 6.10. The van der Waals surface area contributed by atoms with Crippen LogP contribution in [-0.4, -0.2) is 93.2 Å². The zero-order chi connectivity index (χ0) is 19.0. The van der Waals surface area contributed by atoms with Gasteiger partial charge in [-0.2, -0.15) is 4.80 Å². The van der Waals surface area contributed by atoms with Gasteiger partial charge in [0.2, 0.25) is 5.82 Å². The smallest absolute Gasteiger partial charge is 0.253 e. The van der Waals surface area contributed by atoms with Crippen LogP contribution >= 0.6 is 0 Å². The van der Waals surface area contributed by atoms with Crippen molar-refractivity contribution in [2.75, 3.05) is 46.8 Å². The number of piperazine rings is 1. The number of aromatic nitrogens is 4.